The Bertz CT molecular complexity index is 2210. The summed E-state index contributed by atoms with van der Waals surface area (Å²) in [6.45, 7) is 11.0. The van der Waals surface area contributed by atoms with Crippen molar-refractivity contribution in [2.24, 2.45) is 0 Å². The molecule has 230 valence electrons. The van der Waals surface area contributed by atoms with Crippen molar-refractivity contribution in [3.63, 3.8) is 0 Å². The highest BCUT2D eigenvalue weighted by molar-refractivity contribution is 6.09. The molecule has 5 nitrogen and oxygen atoms in total. The van der Waals surface area contributed by atoms with E-state index in [1.807, 2.05) is 41.0 Å². The van der Waals surface area contributed by atoms with E-state index in [4.69, 9.17) is 9.84 Å². The van der Waals surface area contributed by atoms with E-state index in [1.165, 1.54) is 35.2 Å². The summed E-state index contributed by atoms with van der Waals surface area (Å²) in [6, 6.07) is 34.0. The Morgan fingerprint density at radius 3 is 2.24 bits per heavy atom. The quantitative estimate of drug-likeness (QED) is 0.181. The van der Waals surface area contributed by atoms with Gasteiger partial charge < -0.3 is 4.74 Å². The van der Waals surface area contributed by atoms with Gasteiger partial charge in [-0.1, -0.05) is 83.1 Å². The molecule has 7 rings (SSSR count). The molecule has 0 saturated heterocycles. The molecule has 0 radical (unpaired) electrons. The second-order valence-electron chi connectivity index (χ2n) is 12.7. The minimum Gasteiger partial charge on any atom is -0.457 e. The highest BCUT2D eigenvalue weighted by Gasteiger charge is 2.22. The number of ether oxygens (including phenoxy) is 1. The molecule has 0 spiro atoms. The predicted octanol–water partition coefficient (Wildman–Crippen LogP) is 10.4. The maximum atomic E-state index is 14.4. The van der Waals surface area contributed by atoms with Gasteiger partial charge in [0.15, 0.2) is 0 Å². The SMILES string of the molecule is CCc1nn(-c2cc(Oc3ccc4c5ccccc5n(-c5cc(F)ccn5)c4c3)cc(C(C)(C)C)c2)c(CC)c1-c1ccccc1. The summed E-state index contributed by atoms with van der Waals surface area (Å²) < 4.78 is 25.1. The van der Waals surface area contributed by atoms with Gasteiger partial charge in [-0.3, -0.25) is 4.57 Å². The highest BCUT2D eigenvalue weighted by Crippen LogP contribution is 2.38. The third-order valence-electron chi connectivity index (χ3n) is 8.61. The van der Waals surface area contributed by atoms with Crippen LogP contribution in [0.25, 0.3) is 44.4 Å². The number of benzene rings is 4. The summed E-state index contributed by atoms with van der Waals surface area (Å²) >= 11 is 0. The molecule has 0 aliphatic carbocycles. The van der Waals surface area contributed by atoms with Gasteiger partial charge in [-0.25, -0.2) is 14.1 Å². The smallest absolute Gasteiger partial charge is 0.140 e. The molecule has 3 heterocycles. The van der Waals surface area contributed by atoms with Crippen molar-refractivity contribution in [3.8, 4) is 34.1 Å². The third-order valence-corrected chi connectivity index (χ3v) is 8.61. The summed E-state index contributed by atoms with van der Waals surface area (Å²) in [5, 5.41) is 7.27. The lowest BCUT2D eigenvalue weighted by atomic mass is 9.86. The fourth-order valence-electron chi connectivity index (χ4n) is 6.34. The molecule has 6 heteroatoms. The summed E-state index contributed by atoms with van der Waals surface area (Å²) in [6.07, 6.45) is 3.17. The first-order valence-corrected chi connectivity index (χ1v) is 15.9. The highest BCUT2D eigenvalue weighted by atomic mass is 19.1. The number of halogens is 1. The third kappa shape index (κ3) is 5.24. The Labute approximate surface area is 268 Å². The topological polar surface area (TPSA) is 44.9 Å². The Kier molecular flexibility index (Phi) is 7.44. The van der Waals surface area contributed by atoms with Gasteiger partial charge >= 0.3 is 0 Å². The maximum Gasteiger partial charge on any atom is 0.140 e. The Morgan fingerprint density at radius 1 is 0.739 bits per heavy atom. The number of nitrogens with zero attached hydrogens (tertiary/aromatic N) is 4. The lowest BCUT2D eigenvalue weighted by Gasteiger charge is -2.22. The molecule has 0 unspecified atom stereocenters. The first-order chi connectivity index (χ1) is 22.2. The van der Waals surface area contributed by atoms with Crippen molar-refractivity contribution in [1.82, 2.24) is 19.3 Å². The van der Waals surface area contributed by atoms with E-state index in [-0.39, 0.29) is 11.2 Å². The number of fused-ring (bicyclic) bond motifs is 3. The van der Waals surface area contributed by atoms with Gasteiger partial charge in [0, 0.05) is 40.7 Å². The molecule has 46 heavy (non-hydrogen) atoms. The predicted molar refractivity (Wildman–Crippen MR) is 185 cm³/mol. The van der Waals surface area contributed by atoms with Gasteiger partial charge in [0.05, 0.1) is 28.1 Å². The minimum atomic E-state index is -0.332. The van der Waals surface area contributed by atoms with Crippen molar-refractivity contribution in [2.45, 2.75) is 52.9 Å². The van der Waals surface area contributed by atoms with E-state index >= 15 is 0 Å². The van der Waals surface area contributed by atoms with Crippen LogP contribution in [0.5, 0.6) is 11.5 Å². The van der Waals surface area contributed by atoms with Gasteiger partial charge in [0.1, 0.15) is 23.1 Å². The van der Waals surface area contributed by atoms with E-state index in [1.54, 1.807) is 0 Å². The molecule has 3 aromatic heterocycles. The van der Waals surface area contributed by atoms with Crippen LogP contribution in [-0.2, 0) is 18.3 Å². The van der Waals surface area contributed by atoms with E-state index in [9.17, 15) is 4.39 Å². The zero-order chi connectivity index (χ0) is 32.0. The fraction of sp³-hybridized carbons (Fsp3) is 0.200. The number of aromatic nitrogens is 4. The number of aryl methyl sites for hydroxylation is 1. The second-order valence-corrected chi connectivity index (χ2v) is 12.7. The van der Waals surface area contributed by atoms with Crippen molar-refractivity contribution >= 4 is 21.8 Å². The van der Waals surface area contributed by atoms with Crippen LogP contribution in [0.3, 0.4) is 0 Å². The lowest BCUT2D eigenvalue weighted by Crippen LogP contribution is -2.13. The number of hydrogen-bond acceptors (Lipinski definition) is 3. The standard InChI is InChI=1S/C40H37FN4O/c1-6-34-39(26-13-9-8-10-14-26)35(7-2)45(43-34)29-21-27(40(3,4)5)22-31(24-29)46-30-17-18-33-32-15-11-12-16-36(32)44(37(33)25-30)38-23-28(41)19-20-42-38/h8-25H,6-7H2,1-5H3. The molecule has 4 aromatic carbocycles. The van der Waals surface area contributed by atoms with Crippen LogP contribution in [0.1, 0.15) is 51.6 Å². The van der Waals surface area contributed by atoms with Crippen LogP contribution in [0, 0.1) is 5.82 Å². The van der Waals surface area contributed by atoms with Gasteiger partial charge in [0.2, 0.25) is 0 Å². The molecular formula is C40H37FN4O. The monoisotopic (exact) mass is 608 g/mol. The van der Waals surface area contributed by atoms with Crippen LogP contribution in [-0.4, -0.2) is 19.3 Å². The van der Waals surface area contributed by atoms with E-state index < -0.39 is 0 Å². The molecule has 0 fully saturated rings. The van der Waals surface area contributed by atoms with Crippen molar-refractivity contribution in [2.75, 3.05) is 0 Å². The van der Waals surface area contributed by atoms with Gasteiger partial charge in [-0.2, -0.15) is 5.10 Å². The zero-order valence-corrected chi connectivity index (χ0v) is 26.9. The van der Waals surface area contributed by atoms with Crippen LogP contribution in [0.15, 0.2) is 109 Å². The molecule has 0 amide bonds. The van der Waals surface area contributed by atoms with Crippen molar-refractivity contribution in [3.05, 3.63) is 132 Å². The molecule has 0 atom stereocenters. The van der Waals surface area contributed by atoms with Crippen molar-refractivity contribution in [1.29, 1.82) is 0 Å². The fourth-order valence-corrected chi connectivity index (χ4v) is 6.34. The van der Waals surface area contributed by atoms with E-state index in [2.05, 4.69) is 98.9 Å². The lowest BCUT2D eigenvalue weighted by molar-refractivity contribution is 0.478. The van der Waals surface area contributed by atoms with Crippen LogP contribution < -0.4 is 4.74 Å². The summed E-state index contributed by atoms with van der Waals surface area (Å²) in [7, 11) is 0. The number of rotatable bonds is 7. The molecule has 7 aromatic rings. The normalized spacial score (nSPS) is 11.9. The van der Waals surface area contributed by atoms with E-state index in [0.29, 0.717) is 11.6 Å². The van der Waals surface area contributed by atoms with Gasteiger partial charge in [-0.15, -0.1) is 0 Å². The van der Waals surface area contributed by atoms with Crippen LogP contribution in [0.2, 0.25) is 0 Å². The van der Waals surface area contributed by atoms with Crippen molar-refractivity contribution < 1.29 is 9.13 Å². The van der Waals surface area contributed by atoms with Crippen LogP contribution in [0.4, 0.5) is 4.39 Å². The zero-order valence-electron chi connectivity index (χ0n) is 26.9. The summed E-state index contributed by atoms with van der Waals surface area (Å²) in [5.41, 5.74) is 8.49. The number of pyridine rings is 1. The first-order valence-electron chi connectivity index (χ1n) is 15.9. The van der Waals surface area contributed by atoms with E-state index in [0.717, 1.165) is 57.3 Å². The Morgan fingerprint density at radius 2 is 1.50 bits per heavy atom. The first kappa shape index (κ1) is 29.5. The molecule has 0 N–H and O–H groups in total. The maximum absolute atomic E-state index is 14.4. The minimum absolute atomic E-state index is 0.122. The summed E-state index contributed by atoms with van der Waals surface area (Å²) in [5.74, 6) is 1.60. The average molecular weight is 609 g/mol. The molecule has 0 aliphatic heterocycles. The Balaban J connectivity index is 1.37. The second kappa shape index (κ2) is 11.6. The molecule has 0 aliphatic rings. The average Bonchev–Trinajstić information content (AvgIpc) is 3.60. The largest absolute Gasteiger partial charge is 0.457 e. The Hall–Kier alpha value is -5.23. The van der Waals surface area contributed by atoms with Gasteiger partial charge in [0.25, 0.3) is 0 Å². The summed E-state index contributed by atoms with van der Waals surface area (Å²) in [4.78, 5) is 4.51. The van der Waals surface area contributed by atoms with Crippen LogP contribution >= 0.6 is 0 Å². The van der Waals surface area contributed by atoms with Gasteiger partial charge in [-0.05, 0) is 65.8 Å². The molecule has 0 saturated carbocycles. The number of hydrogen-bond donors (Lipinski definition) is 0. The molecule has 0 bridgehead atoms. The molecular weight excluding hydrogens is 571 g/mol. The number of para-hydroxylation sites is 1.